The first-order chi connectivity index (χ1) is 12.3. The van der Waals surface area contributed by atoms with Crippen LogP contribution in [0.15, 0.2) is 53.4 Å². The summed E-state index contributed by atoms with van der Waals surface area (Å²) in [5.41, 5.74) is 0.737. The van der Waals surface area contributed by atoms with E-state index in [1.165, 1.54) is 55.6 Å². The molecule has 0 spiro atoms. The van der Waals surface area contributed by atoms with Crippen LogP contribution in [-0.2, 0) is 19.4 Å². The molecule has 1 aliphatic carbocycles. The first kappa shape index (κ1) is 18.4. The number of hydrogen-bond donors (Lipinski definition) is 1. The quantitative estimate of drug-likeness (QED) is 0.788. The minimum absolute atomic E-state index is 0.0654. The number of carbonyl (C=O) groups is 2. The fraction of sp³-hybridized carbons (Fsp3) is 0.222. The molecule has 8 heteroatoms. The first-order valence-electron chi connectivity index (χ1n) is 7.80. The SMILES string of the molecule is COC(=O)c1ccc(NC(=O)C2(S(=O)(=O)c3ccc(Cl)cc3)CC2)cc1. The van der Waals surface area contributed by atoms with Crippen LogP contribution in [0.4, 0.5) is 5.69 Å². The Labute approximate surface area is 156 Å². The molecule has 2 aromatic rings. The lowest BCUT2D eigenvalue weighted by Gasteiger charge is -2.16. The number of halogens is 1. The summed E-state index contributed by atoms with van der Waals surface area (Å²) < 4.78 is 28.9. The Kier molecular flexibility index (Phi) is 4.77. The summed E-state index contributed by atoms with van der Waals surface area (Å²) in [6, 6.07) is 11.8. The highest BCUT2D eigenvalue weighted by molar-refractivity contribution is 7.94. The lowest BCUT2D eigenvalue weighted by molar-refractivity contribution is -0.116. The standard InChI is InChI=1S/C18H16ClNO5S/c1-25-16(21)12-2-6-14(7-3-12)20-17(22)18(10-11-18)26(23,24)15-8-4-13(19)5-9-15/h2-9H,10-11H2,1H3,(H,20,22). The third-order valence-electron chi connectivity index (χ3n) is 4.32. The summed E-state index contributed by atoms with van der Waals surface area (Å²) >= 11 is 5.80. The molecule has 1 N–H and O–H groups in total. The van der Waals surface area contributed by atoms with Gasteiger partial charge in [0.05, 0.1) is 17.6 Å². The smallest absolute Gasteiger partial charge is 0.337 e. The van der Waals surface area contributed by atoms with Crippen LogP contribution in [0, 0.1) is 0 Å². The number of anilines is 1. The molecule has 136 valence electrons. The van der Waals surface area contributed by atoms with Crippen molar-refractivity contribution < 1.29 is 22.7 Å². The second-order valence-electron chi connectivity index (χ2n) is 5.97. The lowest BCUT2D eigenvalue weighted by Crippen LogP contribution is -2.37. The zero-order valence-electron chi connectivity index (χ0n) is 13.9. The van der Waals surface area contributed by atoms with E-state index >= 15 is 0 Å². The third kappa shape index (κ3) is 3.20. The zero-order chi connectivity index (χ0) is 18.9. The van der Waals surface area contributed by atoms with Crippen molar-refractivity contribution in [2.24, 2.45) is 0 Å². The van der Waals surface area contributed by atoms with Gasteiger partial charge < -0.3 is 10.1 Å². The van der Waals surface area contributed by atoms with E-state index in [0.717, 1.165) is 0 Å². The number of methoxy groups -OCH3 is 1. The predicted octanol–water partition coefficient (Wildman–Crippen LogP) is 3.07. The van der Waals surface area contributed by atoms with Crippen molar-refractivity contribution in [3.63, 3.8) is 0 Å². The minimum atomic E-state index is -3.83. The van der Waals surface area contributed by atoms with Crippen LogP contribution in [0.5, 0.6) is 0 Å². The molecule has 26 heavy (non-hydrogen) atoms. The van der Waals surface area contributed by atoms with Crippen LogP contribution in [0.1, 0.15) is 23.2 Å². The van der Waals surface area contributed by atoms with E-state index in [4.69, 9.17) is 11.6 Å². The molecule has 6 nitrogen and oxygen atoms in total. The van der Waals surface area contributed by atoms with E-state index in [0.29, 0.717) is 16.3 Å². The number of nitrogens with one attached hydrogen (secondary N) is 1. The number of benzene rings is 2. The number of amides is 1. The van der Waals surface area contributed by atoms with E-state index in [2.05, 4.69) is 10.1 Å². The first-order valence-corrected chi connectivity index (χ1v) is 9.66. The molecule has 0 aromatic heterocycles. The van der Waals surface area contributed by atoms with Gasteiger partial charge in [-0.25, -0.2) is 13.2 Å². The fourth-order valence-electron chi connectivity index (χ4n) is 2.62. The summed E-state index contributed by atoms with van der Waals surface area (Å²) in [5.74, 6) is -1.08. The van der Waals surface area contributed by atoms with Crippen LogP contribution < -0.4 is 5.32 Å². The lowest BCUT2D eigenvalue weighted by atomic mass is 10.2. The third-order valence-corrected chi connectivity index (χ3v) is 7.09. The molecule has 1 fully saturated rings. The summed E-state index contributed by atoms with van der Waals surface area (Å²) in [7, 11) is -2.56. The predicted molar refractivity (Wildman–Crippen MR) is 97.0 cm³/mol. The number of sulfone groups is 1. The Bertz CT molecular complexity index is 948. The van der Waals surface area contributed by atoms with Gasteiger partial charge in [-0.1, -0.05) is 11.6 Å². The largest absolute Gasteiger partial charge is 0.465 e. The number of esters is 1. The maximum atomic E-state index is 12.9. The Morgan fingerprint density at radius 3 is 2.12 bits per heavy atom. The fourth-order valence-corrected chi connectivity index (χ4v) is 4.63. The molecule has 0 unspecified atom stereocenters. The van der Waals surface area contributed by atoms with Crippen molar-refractivity contribution in [1.29, 1.82) is 0 Å². The molecule has 0 atom stereocenters. The molecule has 2 aromatic carbocycles. The van der Waals surface area contributed by atoms with Gasteiger partial charge in [-0.15, -0.1) is 0 Å². The zero-order valence-corrected chi connectivity index (χ0v) is 15.4. The van der Waals surface area contributed by atoms with Gasteiger partial charge in [0.1, 0.15) is 0 Å². The van der Waals surface area contributed by atoms with Crippen molar-refractivity contribution in [2.75, 3.05) is 12.4 Å². The number of carbonyl (C=O) groups excluding carboxylic acids is 2. The molecule has 0 saturated heterocycles. The van der Waals surface area contributed by atoms with E-state index in [9.17, 15) is 18.0 Å². The molecule has 0 heterocycles. The van der Waals surface area contributed by atoms with Crippen molar-refractivity contribution >= 4 is 39.0 Å². The molecule has 1 amide bonds. The van der Waals surface area contributed by atoms with Gasteiger partial charge in [0.15, 0.2) is 14.6 Å². The minimum Gasteiger partial charge on any atom is -0.465 e. The topological polar surface area (TPSA) is 89.5 Å². The molecule has 0 bridgehead atoms. The maximum Gasteiger partial charge on any atom is 0.337 e. The average molecular weight is 394 g/mol. The van der Waals surface area contributed by atoms with E-state index in [1.54, 1.807) is 0 Å². The molecule has 1 saturated carbocycles. The highest BCUT2D eigenvalue weighted by Crippen LogP contribution is 2.47. The summed E-state index contributed by atoms with van der Waals surface area (Å²) in [4.78, 5) is 24.1. The average Bonchev–Trinajstić information content (AvgIpc) is 3.44. The second kappa shape index (κ2) is 6.74. The van der Waals surface area contributed by atoms with Crippen LogP contribution in [0.25, 0.3) is 0 Å². The highest BCUT2D eigenvalue weighted by Gasteiger charge is 2.61. The molecular formula is C18H16ClNO5S. The van der Waals surface area contributed by atoms with Crippen molar-refractivity contribution in [2.45, 2.75) is 22.5 Å². The number of rotatable bonds is 5. The monoisotopic (exact) mass is 393 g/mol. The van der Waals surface area contributed by atoms with Gasteiger partial charge in [-0.2, -0.15) is 0 Å². The molecule has 0 radical (unpaired) electrons. The Morgan fingerprint density at radius 2 is 1.62 bits per heavy atom. The van der Waals surface area contributed by atoms with E-state index in [1.807, 2.05) is 0 Å². The summed E-state index contributed by atoms with van der Waals surface area (Å²) in [6.45, 7) is 0. The molecule has 0 aliphatic heterocycles. The Balaban J connectivity index is 1.81. The normalized spacial score (nSPS) is 15.2. The highest BCUT2D eigenvalue weighted by atomic mass is 35.5. The van der Waals surface area contributed by atoms with Crippen LogP contribution in [0.3, 0.4) is 0 Å². The van der Waals surface area contributed by atoms with E-state index < -0.39 is 26.5 Å². The number of hydrogen-bond acceptors (Lipinski definition) is 5. The van der Waals surface area contributed by atoms with Gasteiger partial charge >= 0.3 is 5.97 Å². The number of ether oxygens (including phenoxy) is 1. The maximum absolute atomic E-state index is 12.9. The summed E-state index contributed by atoms with van der Waals surface area (Å²) in [5, 5.41) is 3.04. The molecule has 1 aliphatic rings. The Hall–Kier alpha value is -2.38. The van der Waals surface area contributed by atoms with Crippen molar-refractivity contribution in [3.05, 3.63) is 59.1 Å². The van der Waals surface area contributed by atoms with Crippen molar-refractivity contribution in [1.82, 2.24) is 0 Å². The Morgan fingerprint density at radius 1 is 1.04 bits per heavy atom. The van der Waals surface area contributed by atoms with Crippen molar-refractivity contribution in [3.8, 4) is 0 Å². The van der Waals surface area contributed by atoms with Gasteiger partial charge in [-0.3, -0.25) is 4.79 Å². The molecular weight excluding hydrogens is 378 g/mol. The van der Waals surface area contributed by atoms with E-state index in [-0.39, 0.29) is 17.7 Å². The van der Waals surface area contributed by atoms with Gasteiger partial charge in [0.25, 0.3) is 0 Å². The van der Waals surface area contributed by atoms with Gasteiger partial charge in [0.2, 0.25) is 5.91 Å². The van der Waals surface area contributed by atoms with Gasteiger partial charge in [-0.05, 0) is 61.4 Å². The second-order valence-corrected chi connectivity index (χ2v) is 8.67. The van der Waals surface area contributed by atoms with Crippen LogP contribution in [-0.4, -0.2) is 32.2 Å². The van der Waals surface area contributed by atoms with Gasteiger partial charge in [0, 0.05) is 10.7 Å². The summed E-state index contributed by atoms with van der Waals surface area (Å²) in [6.07, 6.45) is 0.508. The van der Waals surface area contributed by atoms with Crippen LogP contribution >= 0.6 is 11.6 Å². The molecule has 3 rings (SSSR count). The van der Waals surface area contributed by atoms with Crippen LogP contribution in [0.2, 0.25) is 5.02 Å².